The van der Waals surface area contributed by atoms with E-state index < -0.39 is 11.9 Å². The predicted octanol–water partition coefficient (Wildman–Crippen LogP) is 1.40. The van der Waals surface area contributed by atoms with Crippen LogP contribution in [0, 0.1) is 0 Å². The Morgan fingerprint density at radius 3 is 2.28 bits per heavy atom. The summed E-state index contributed by atoms with van der Waals surface area (Å²) in [5, 5.41) is 0. The molecule has 90 valence electrons. The summed E-state index contributed by atoms with van der Waals surface area (Å²) in [6, 6.07) is 11.4. The molecule has 0 aliphatic heterocycles. The van der Waals surface area contributed by atoms with Crippen molar-refractivity contribution in [2.24, 2.45) is 5.73 Å². The van der Waals surface area contributed by atoms with Gasteiger partial charge in [0.05, 0.1) is 11.1 Å². The summed E-state index contributed by atoms with van der Waals surface area (Å²) in [5.74, 6) is -0.966. The van der Waals surface area contributed by atoms with Crippen molar-refractivity contribution in [3.8, 4) is 5.88 Å². The van der Waals surface area contributed by atoms with Crippen LogP contribution < -0.4 is 10.5 Å². The van der Waals surface area contributed by atoms with E-state index in [-0.39, 0.29) is 11.4 Å². The van der Waals surface area contributed by atoms with Gasteiger partial charge in [0.2, 0.25) is 11.8 Å². The molecule has 0 saturated heterocycles. The standard InChI is InChI=1S/C13H10N2O3/c14-12(16)10-6-7-11(15-8-10)18-13(17)9-4-2-1-3-5-9/h1-8H,(H2,14,16). The van der Waals surface area contributed by atoms with Gasteiger partial charge in [-0.15, -0.1) is 0 Å². The molecule has 0 spiro atoms. The minimum Gasteiger partial charge on any atom is -0.404 e. The number of nitrogens with zero attached hydrogens (tertiary/aromatic N) is 1. The minimum atomic E-state index is -0.580. The summed E-state index contributed by atoms with van der Waals surface area (Å²) in [7, 11) is 0. The molecule has 1 aromatic carbocycles. The van der Waals surface area contributed by atoms with Crippen LogP contribution in [0.15, 0.2) is 48.7 Å². The van der Waals surface area contributed by atoms with Gasteiger partial charge < -0.3 is 10.5 Å². The molecule has 0 unspecified atom stereocenters. The lowest BCUT2D eigenvalue weighted by Gasteiger charge is -2.03. The highest BCUT2D eigenvalue weighted by Crippen LogP contribution is 2.10. The zero-order chi connectivity index (χ0) is 13.0. The Hall–Kier alpha value is -2.69. The normalized spacial score (nSPS) is 9.78. The predicted molar refractivity (Wildman–Crippen MR) is 64.2 cm³/mol. The van der Waals surface area contributed by atoms with E-state index in [1.165, 1.54) is 18.3 Å². The molecule has 0 aliphatic carbocycles. The van der Waals surface area contributed by atoms with Gasteiger partial charge in [0.15, 0.2) is 0 Å². The van der Waals surface area contributed by atoms with Gasteiger partial charge in [-0.3, -0.25) is 4.79 Å². The highest BCUT2D eigenvalue weighted by atomic mass is 16.5. The third kappa shape index (κ3) is 2.70. The van der Waals surface area contributed by atoms with Crippen LogP contribution in [-0.2, 0) is 0 Å². The van der Waals surface area contributed by atoms with Crippen molar-refractivity contribution in [1.29, 1.82) is 0 Å². The molecular weight excluding hydrogens is 232 g/mol. The third-order valence-electron chi connectivity index (χ3n) is 2.23. The second-order valence-electron chi connectivity index (χ2n) is 3.50. The lowest BCUT2D eigenvalue weighted by atomic mass is 10.2. The Bertz CT molecular complexity index is 565. The van der Waals surface area contributed by atoms with Gasteiger partial charge in [-0.25, -0.2) is 9.78 Å². The molecular formula is C13H10N2O3. The Balaban J connectivity index is 2.10. The zero-order valence-corrected chi connectivity index (χ0v) is 9.37. The van der Waals surface area contributed by atoms with Gasteiger partial charge in [0.1, 0.15) is 0 Å². The number of aromatic nitrogens is 1. The maximum atomic E-state index is 11.7. The van der Waals surface area contributed by atoms with E-state index in [0.29, 0.717) is 5.56 Å². The average Bonchev–Trinajstić information content (AvgIpc) is 2.40. The Morgan fingerprint density at radius 1 is 1.00 bits per heavy atom. The molecule has 18 heavy (non-hydrogen) atoms. The maximum absolute atomic E-state index is 11.7. The Morgan fingerprint density at radius 2 is 1.72 bits per heavy atom. The molecule has 0 fully saturated rings. The Kier molecular flexibility index (Phi) is 3.33. The number of carbonyl (C=O) groups is 2. The molecule has 0 bridgehead atoms. The SMILES string of the molecule is NC(=O)c1ccc(OC(=O)c2ccccc2)nc1. The van der Waals surface area contributed by atoms with Crippen LogP contribution in [-0.4, -0.2) is 16.9 Å². The minimum absolute atomic E-state index is 0.119. The van der Waals surface area contributed by atoms with E-state index in [0.717, 1.165) is 0 Å². The molecule has 1 amide bonds. The number of benzene rings is 1. The number of amides is 1. The number of primary amides is 1. The van der Waals surface area contributed by atoms with Crippen molar-refractivity contribution in [3.63, 3.8) is 0 Å². The van der Waals surface area contributed by atoms with Crippen LogP contribution in [0.25, 0.3) is 0 Å². The van der Waals surface area contributed by atoms with Crippen LogP contribution in [0.3, 0.4) is 0 Å². The summed E-state index contributed by atoms with van der Waals surface area (Å²) in [4.78, 5) is 26.3. The zero-order valence-electron chi connectivity index (χ0n) is 9.37. The first kappa shape index (κ1) is 11.8. The summed E-state index contributed by atoms with van der Waals surface area (Å²) < 4.78 is 5.03. The fraction of sp³-hybridized carbons (Fsp3) is 0. The van der Waals surface area contributed by atoms with Crippen LogP contribution in [0.5, 0.6) is 5.88 Å². The van der Waals surface area contributed by atoms with Crippen LogP contribution in [0.2, 0.25) is 0 Å². The number of hydrogen-bond donors (Lipinski definition) is 1. The van der Waals surface area contributed by atoms with Crippen molar-refractivity contribution in [1.82, 2.24) is 4.98 Å². The molecule has 5 heteroatoms. The van der Waals surface area contributed by atoms with Crippen molar-refractivity contribution in [2.45, 2.75) is 0 Å². The largest absolute Gasteiger partial charge is 0.404 e. The molecule has 1 aromatic heterocycles. The molecule has 0 saturated carbocycles. The summed E-state index contributed by atoms with van der Waals surface area (Å²) in [6.07, 6.45) is 1.26. The first-order valence-corrected chi connectivity index (χ1v) is 5.20. The van der Waals surface area contributed by atoms with Crippen molar-refractivity contribution in [2.75, 3.05) is 0 Å². The number of ether oxygens (including phenoxy) is 1. The quantitative estimate of drug-likeness (QED) is 0.825. The van der Waals surface area contributed by atoms with Crippen molar-refractivity contribution >= 4 is 11.9 Å². The summed E-state index contributed by atoms with van der Waals surface area (Å²) >= 11 is 0. The fourth-order valence-electron chi connectivity index (χ4n) is 1.31. The van der Waals surface area contributed by atoms with Gasteiger partial charge in [0, 0.05) is 12.3 Å². The van der Waals surface area contributed by atoms with E-state index in [1.54, 1.807) is 30.3 Å². The second kappa shape index (κ2) is 5.09. The molecule has 2 N–H and O–H groups in total. The molecule has 0 atom stereocenters. The van der Waals surface area contributed by atoms with E-state index >= 15 is 0 Å². The van der Waals surface area contributed by atoms with Crippen LogP contribution >= 0.6 is 0 Å². The van der Waals surface area contributed by atoms with Gasteiger partial charge in [-0.2, -0.15) is 0 Å². The van der Waals surface area contributed by atoms with Crippen molar-refractivity contribution < 1.29 is 14.3 Å². The first-order valence-electron chi connectivity index (χ1n) is 5.20. The topological polar surface area (TPSA) is 82.3 Å². The van der Waals surface area contributed by atoms with Gasteiger partial charge in [-0.1, -0.05) is 18.2 Å². The van der Waals surface area contributed by atoms with E-state index in [9.17, 15) is 9.59 Å². The number of nitrogens with two attached hydrogens (primary N) is 1. The molecule has 0 radical (unpaired) electrons. The molecule has 2 rings (SSSR count). The van der Waals surface area contributed by atoms with E-state index in [1.807, 2.05) is 0 Å². The van der Waals surface area contributed by atoms with Gasteiger partial charge in [0.25, 0.3) is 0 Å². The lowest BCUT2D eigenvalue weighted by molar-refractivity contribution is 0.0727. The number of carbonyl (C=O) groups excluding carboxylic acids is 2. The number of rotatable bonds is 3. The van der Waals surface area contributed by atoms with E-state index in [4.69, 9.17) is 10.5 Å². The molecule has 0 aliphatic rings. The molecule has 2 aromatic rings. The lowest BCUT2D eigenvalue weighted by Crippen LogP contribution is -2.12. The molecule has 1 heterocycles. The maximum Gasteiger partial charge on any atom is 0.344 e. The monoisotopic (exact) mass is 242 g/mol. The van der Waals surface area contributed by atoms with Crippen LogP contribution in [0.4, 0.5) is 0 Å². The Labute approximate surface area is 103 Å². The molecule has 5 nitrogen and oxygen atoms in total. The summed E-state index contributed by atoms with van der Waals surface area (Å²) in [6.45, 7) is 0. The average molecular weight is 242 g/mol. The summed E-state index contributed by atoms with van der Waals surface area (Å²) in [5.41, 5.74) is 5.76. The van der Waals surface area contributed by atoms with Crippen LogP contribution in [0.1, 0.15) is 20.7 Å². The smallest absolute Gasteiger partial charge is 0.344 e. The number of esters is 1. The van der Waals surface area contributed by atoms with Gasteiger partial charge in [-0.05, 0) is 18.2 Å². The van der Waals surface area contributed by atoms with E-state index in [2.05, 4.69) is 4.98 Å². The fourth-order valence-corrected chi connectivity index (χ4v) is 1.31. The second-order valence-corrected chi connectivity index (χ2v) is 3.50. The van der Waals surface area contributed by atoms with Crippen molar-refractivity contribution in [3.05, 3.63) is 59.8 Å². The number of hydrogen-bond acceptors (Lipinski definition) is 4. The number of pyridine rings is 1. The third-order valence-corrected chi connectivity index (χ3v) is 2.23. The first-order chi connectivity index (χ1) is 8.66. The van der Waals surface area contributed by atoms with Gasteiger partial charge >= 0.3 is 5.97 Å². The highest BCUT2D eigenvalue weighted by Gasteiger charge is 2.09. The highest BCUT2D eigenvalue weighted by molar-refractivity contribution is 5.93.